The highest BCUT2D eigenvalue weighted by Gasteiger charge is 2.25. The minimum Gasteiger partial charge on any atom is -0.394 e. The van der Waals surface area contributed by atoms with E-state index in [4.69, 9.17) is 0 Å². The zero-order valence-corrected chi connectivity index (χ0v) is 17.0. The summed E-state index contributed by atoms with van der Waals surface area (Å²) >= 11 is 0. The Morgan fingerprint density at radius 1 is 1.08 bits per heavy atom. The Balaban J connectivity index is 2.17. The predicted molar refractivity (Wildman–Crippen MR) is 108 cm³/mol. The van der Waals surface area contributed by atoms with Crippen molar-refractivity contribution in [2.24, 2.45) is 5.92 Å². The van der Waals surface area contributed by atoms with Gasteiger partial charge in [-0.1, -0.05) is 52.4 Å². The van der Waals surface area contributed by atoms with Gasteiger partial charge >= 0.3 is 0 Å². The van der Waals surface area contributed by atoms with Crippen molar-refractivity contribution < 1.29 is 9.90 Å². The number of nitrogens with zero attached hydrogens (tertiary/aromatic N) is 1. The van der Waals surface area contributed by atoms with Crippen LogP contribution in [0.4, 0.5) is 0 Å². The summed E-state index contributed by atoms with van der Waals surface area (Å²) in [6.07, 6.45) is 15.3. The Hall–Kier alpha value is -1.29. The smallest absolute Gasteiger partial charge is 0.249 e. The lowest BCUT2D eigenvalue weighted by atomic mass is 9.92. The first-order valence-corrected chi connectivity index (χ1v) is 10.6. The molecule has 1 amide bonds. The van der Waals surface area contributed by atoms with Gasteiger partial charge in [-0.25, -0.2) is 0 Å². The average Bonchev–Trinajstić information content (AvgIpc) is 2.61. The lowest BCUT2D eigenvalue weighted by molar-refractivity contribution is -0.119. The highest BCUT2D eigenvalue weighted by atomic mass is 16.3. The van der Waals surface area contributed by atoms with Crippen LogP contribution >= 0.6 is 0 Å². The molecule has 3 rings (SSSR count). The molecule has 1 aliphatic carbocycles. The number of hydrogen-bond donors (Lipinski definition) is 2. The van der Waals surface area contributed by atoms with Crippen molar-refractivity contribution in [2.45, 2.75) is 90.5 Å². The number of carbonyl (C=O) groups excluding carboxylic acids is 1. The zero-order chi connectivity index (χ0) is 18.9. The van der Waals surface area contributed by atoms with Crippen molar-refractivity contribution in [1.29, 1.82) is 0 Å². The van der Waals surface area contributed by atoms with Gasteiger partial charge in [-0.15, -0.1) is 0 Å². The predicted octanol–water partition coefficient (Wildman–Crippen LogP) is 4.51. The van der Waals surface area contributed by atoms with Gasteiger partial charge in [0.15, 0.2) is 0 Å². The van der Waals surface area contributed by atoms with Crippen molar-refractivity contribution in [2.75, 3.05) is 13.7 Å². The number of carbonyl (C=O) groups is 1. The largest absolute Gasteiger partial charge is 0.394 e. The third kappa shape index (κ3) is 6.15. The zero-order valence-electron chi connectivity index (χ0n) is 17.0. The van der Waals surface area contributed by atoms with Crippen LogP contribution in [0.3, 0.4) is 0 Å². The van der Waals surface area contributed by atoms with Gasteiger partial charge in [0.2, 0.25) is 5.91 Å². The normalized spacial score (nSPS) is 21.4. The maximum Gasteiger partial charge on any atom is 0.249 e. The van der Waals surface area contributed by atoms with E-state index >= 15 is 0 Å². The summed E-state index contributed by atoms with van der Waals surface area (Å²) in [5, 5.41) is 12.7. The van der Waals surface area contributed by atoms with E-state index in [0.29, 0.717) is 0 Å². The van der Waals surface area contributed by atoms with Crippen LogP contribution in [0.2, 0.25) is 0 Å². The van der Waals surface area contributed by atoms with E-state index in [1.165, 1.54) is 56.2 Å². The number of allylic oxidation sites excluding steroid dienone is 2. The first-order chi connectivity index (χ1) is 12.5. The second-order valence-electron chi connectivity index (χ2n) is 8.34. The Labute approximate surface area is 159 Å². The van der Waals surface area contributed by atoms with Crippen LogP contribution < -0.4 is 5.32 Å². The Bertz CT molecular complexity index is 522. The van der Waals surface area contributed by atoms with E-state index in [9.17, 15) is 9.90 Å². The van der Waals surface area contributed by atoms with Gasteiger partial charge in [-0.2, -0.15) is 0 Å². The molecular formula is C22H38N2O2. The van der Waals surface area contributed by atoms with Crippen molar-refractivity contribution in [3.05, 3.63) is 23.0 Å². The Morgan fingerprint density at radius 2 is 1.65 bits per heavy atom. The summed E-state index contributed by atoms with van der Waals surface area (Å²) in [6, 6.07) is -0.179. The van der Waals surface area contributed by atoms with Crippen LogP contribution in [0.5, 0.6) is 0 Å². The quantitative estimate of drug-likeness (QED) is 0.774. The highest BCUT2D eigenvalue weighted by molar-refractivity contribution is 5.95. The average molecular weight is 363 g/mol. The van der Waals surface area contributed by atoms with Gasteiger partial charge in [0.05, 0.1) is 12.6 Å². The molecule has 0 aromatic heterocycles. The summed E-state index contributed by atoms with van der Waals surface area (Å²) in [6.45, 7) is 4.06. The lowest BCUT2D eigenvalue weighted by Crippen LogP contribution is -2.43. The van der Waals surface area contributed by atoms with Gasteiger partial charge in [0, 0.05) is 30.9 Å². The highest BCUT2D eigenvalue weighted by Crippen LogP contribution is 2.31. The summed E-state index contributed by atoms with van der Waals surface area (Å²) in [5.41, 5.74) is 3.45. The molecule has 0 fully saturated rings. The molecule has 1 atom stereocenters. The molecule has 0 aromatic rings. The summed E-state index contributed by atoms with van der Waals surface area (Å²) in [7, 11) is 2.08. The number of aliphatic hydroxyl groups excluding tert-OH is 1. The Morgan fingerprint density at radius 3 is 2.23 bits per heavy atom. The molecule has 2 heterocycles. The molecule has 2 N–H and O–H groups in total. The molecule has 2 aliphatic heterocycles. The van der Waals surface area contributed by atoms with Gasteiger partial charge in [-0.3, -0.25) is 4.79 Å². The molecular weight excluding hydrogens is 324 g/mol. The van der Waals surface area contributed by atoms with E-state index in [1.807, 2.05) is 13.8 Å². The van der Waals surface area contributed by atoms with E-state index in [2.05, 4.69) is 23.5 Å². The second-order valence-corrected chi connectivity index (χ2v) is 8.34. The molecule has 26 heavy (non-hydrogen) atoms. The maximum atomic E-state index is 13.0. The maximum absolute atomic E-state index is 13.0. The van der Waals surface area contributed by atoms with Gasteiger partial charge in [-0.05, 0) is 37.2 Å². The SMILES string of the molecule is CC(C)[C@@H](CO)NC(=O)C1=C2CCCCCCCCCCC(=CN2C)C1. The topological polar surface area (TPSA) is 52.6 Å². The van der Waals surface area contributed by atoms with Crippen LogP contribution in [0, 0.1) is 5.92 Å². The minimum atomic E-state index is -0.179. The monoisotopic (exact) mass is 362 g/mol. The fourth-order valence-electron chi connectivity index (χ4n) is 4.01. The first kappa shape index (κ1) is 21.0. The van der Waals surface area contributed by atoms with E-state index in [0.717, 1.165) is 31.3 Å². The van der Waals surface area contributed by atoms with Crippen LogP contribution in [0.15, 0.2) is 23.0 Å². The summed E-state index contributed by atoms with van der Waals surface area (Å²) < 4.78 is 0. The van der Waals surface area contributed by atoms with Crippen molar-refractivity contribution in [3.63, 3.8) is 0 Å². The molecule has 0 aromatic carbocycles. The van der Waals surface area contributed by atoms with Crippen molar-refractivity contribution >= 4 is 5.91 Å². The standard InChI is InChI=1S/C22H38N2O2/c1-17(2)20(16-25)23-22(26)19-14-18-12-10-8-6-4-5-7-9-11-13-21(19)24(3)15-18/h15,17,20,25H,4-14,16H2,1-3H3,(H,23,26)/t20-/m1/s1. The molecule has 4 nitrogen and oxygen atoms in total. The third-order valence-electron chi connectivity index (χ3n) is 5.81. The molecule has 2 bridgehead atoms. The first-order valence-electron chi connectivity index (χ1n) is 10.6. The summed E-state index contributed by atoms with van der Waals surface area (Å²) in [5.74, 6) is 0.236. The number of nitrogens with one attached hydrogen (secondary N) is 1. The fraction of sp³-hybridized carbons (Fsp3) is 0.773. The fourth-order valence-corrected chi connectivity index (χ4v) is 4.01. The molecule has 0 spiro atoms. The number of fused-ring (bicyclic) bond motifs is 11. The molecule has 0 radical (unpaired) electrons. The minimum absolute atomic E-state index is 0.00937. The molecule has 4 heteroatoms. The second kappa shape index (κ2) is 10.8. The number of aliphatic hydroxyl groups is 1. The number of hydrogen-bond acceptors (Lipinski definition) is 3. The van der Waals surface area contributed by atoms with Crippen LogP contribution in [-0.4, -0.2) is 35.6 Å². The third-order valence-corrected chi connectivity index (χ3v) is 5.81. The summed E-state index contributed by atoms with van der Waals surface area (Å²) in [4.78, 5) is 15.2. The lowest BCUT2D eigenvalue weighted by Gasteiger charge is -2.30. The van der Waals surface area contributed by atoms with Gasteiger partial charge in [0.25, 0.3) is 0 Å². The molecule has 3 aliphatic rings. The molecule has 0 unspecified atom stereocenters. The van der Waals surface area contributed by atoms with E-state index < -0.39 is 0 Å². The van der Waals surface area contributed by atoms with E-state index in [-0.39, 0.29) is 24.5 Å². The Kier molecular flexibility index (Phi) is 8.70. The molecule has 148 valence electrons. The van der Waals surface area contributed by atoms with Crippen molar-refractivity contribution in [3.8, 4) is 0 Å². The van der Waals surface area contributed by atoms with Gasteiger partial charge < -0.3 is 15.3 Å². The van der Waals surface area contributed by atoms with Gasteiger partial charge in [0.1, 0.15) is 0 Å². The van der Waals surface area contributed by atoms with Crippen LogP contribution in [0.1, 0.15) is 84.5 Å². The number of rotatable bonds is 4. The van der Waals surface area contributed by atoms with Crippen LogP contribution in [0.25, 0.3) is 0 Å². The van der Waals surface area contributed by atoms with Crippen molar-refractivity contribution in [1.82, 2.24) is 10.2 Å². The van der Waals surface area contributed by atoms with E-state index in [1.54, 1.807) is 0 Å². The molecule has 0 saturated carbocycles. The molecule has 0 saturated heterocycles. The number of amides is 1. The van der Waals surface area contributed by atoms with Crippen LogP contribution in [-0.2, 0) is 4.79 Å².